The van der Waals surface area contributed by atoms with Crippen LogP contribution in [0.1, 0.15) is 6.92 Å². The van der Waals surface area contributed by atoms with Crippen molar-refractivity contribution in [1.82, 2.24) is 0 Å². The van der Waals surface area contributed by atoms with Gasteiger partial charge in [-0.25, -0.2) is 4.79 Å². The van der Waals surface area contributed by atoms with Crippen LogP contribution < -0.4 is 0 Å². The van der Waals surface area contributed by atoms with Crippen LogP contribution in [0, 0.1) is 16.0 Å². The normalized spacial score (nSPS) is 25.4. The van der Waals surface area contributed by atoms with Gasteiger partial charge in [-0.2, -0.15) is 0 Å². The van der Waals surface area contributed by atoms with Gasteiger partial charge in [0.05, 0.1) is 0 Å². The highest BCUT2D eigenvalue weighted by Gasteiger charge is 2.27. The minimum absolute atomic E-state index is 0.246. The van der Waals surface area contributed by atoms with Crippen LogP contribution in [0.2, 0.25) is 0 Å². The molecule has 5 nitrogen and oxygen atoms in total. The molecule has 0 aromatic carbocycles. The van der Waals surface area contributed by atoms with Crippen molar-refractivity contribution in [2.45, 2.75) is 13.0 Å². The summed E-state index contributed by atoms with van der Waals surface area (Å²) in [5, 5.41) is 10.5. The zero-order chi connectivity index (χ0) is 10.7. The molecule has 14 heavy (non-hydrogen) atoms. The van der Waals surface area contributed by atoms with E-state index < -0.39 is 16.4 Å². The molecule has 0 spiro atoms. The SMILES string of the molecule is CC1C=C(OC(=O)Cl)C=CC1[N+](=O)[O-]. The predicted molar refractivity (Wildman–Crippen MR) is 49.5 cm³/mol. The number of carbonyl (C=O) groups is 1. The number of carbonyl (C=O) groups excluding carboxylic acids is 1. The van der Waals surface area contributed by atoms with Crippen LogP contribution in [0.3, 0.4) is 0 Å². The fraction of sp³-hybridized carbons (Fsp3) is 0.375. The van der Waals surface area contributed by atoms with Crippen molar-refractivity contribution in [3.8, 4) is 0 Å². The maximum absolute atomic E-state index is 10.5. The summed E-state index contributed by atoms with van der Waals surface area (Å²) in [4.78, 5) is 20.5. The van der Waals surface area contributed by atoms with Crippen molar-refractivity contribution in [3.05, 3.63) is 34.1 Å². The molecule has 2 atom stereocenters. The van der Waals surface area contributed by atoms with Crippen LogP contribution in [0.4, 0.5) is 4.79 Å². The largest absolute Gasteiger partial charge is 0.415 e. The van der Waals surface area contributed by atoms with Crippen LogP contribution in [0.25, 0.3) is 0 Å². The van der Waals surface area contributed by atoms with Gasteiger partial charge in [-0.1, -0.05) is 6.92 Å². The summed E-state index contributed by atoms with van der Waals surface area (Å²) in [7, 11) is 0. The first-order valence-corrected chi connectivity index (χ1v) is 4.29. The van der Waals surface area contributed by atoms with Gasteiger partial charge in [-0.05, 0) is 18.2 Å². The van der Waals surface area contributed by atoms with Gasteiger partial charge in [-0.3, -0.25) is 10.1 Å². The lowest BCUT2D eigenvalue weighted by Gasteiger charge is -2.15. The Labute approximate surface area is 85.1 Å². The maximum atomic E-state index is 10.5. The van der Waals surface area contributed by atoms with Crippen LogP contribution in [0.15, 0.2) is 24.0 Å². The number of rotatable bonds is 2. The Kier molecular flexibility index (Phi) is 3.24. The summed E-state index contributed by atoms with van der Waals surface area (Å²) in [6.07, 6.45) is 4.24. The first-order valence-electron chi connectivity index (χ1n) is 3.91. The lowest BCUT2D eigenvalue weighted by atomic mass is 9.97. The Bertz CT molecular complexity index is 323. The zero-order valence-corrected chi connectivity index (χ0v) is 8.10. The number of halogens is 1. The summed E-state index contributed by atoms with van der Waals surface area (Å²) >= 11 is 4.99. The van der Waals surface area contributed by atoms with Gasteiger partial charge >= 0.3 is 5.43 Å². The van der Waals surface area contributed by atoms with Crippen LogP contribution >= 0.6 is 11.6 Å². The predicted octanol–water partition coefficient (Wildman–Crippen LogP) is 2.10. The molecule has 0 heterocycles. The van der Waals surface area contributed by atoms with E-state index in [1.165, 1.54) is 18.2 Å². The molecule has 0 aromatic heterocycles. The molecule has 0 saturated carbocycles. The van der Waals surface area contributed by atoms with E-state index in [2.05, 4.69) is 4.74 Å². The molecule has 0 N–H and O–H groups in total. The monoisotopic (exact) mass is 217 g/mol. The molecule has 6 heteroatoms. The van der Waals surface area contributed by atoms with Crippen LogP contribution in [0.5, 0.6) is 0 Å². The Hall–Kier alpha value is -1.36. The number of hydrogen-bond acceptors (Lipinski definition) is 4. The smallest absolute Gasteiger partial charge is 0.409 e. The molecule has 0 radical (unpaired) electrons. The van der Waals surface area contributed by atoms with E-state index in [1.54, 1.807) is 6.92 Å². The Balaban J connectivity index is 2.71. The van der Waals surface area contributed by atoms with Gasteiger partial charge < -0.3 is 4.74 Å². The number of ether oxygens (including phenoxy) is 1. The lowest BCUT2D eigenvalue weighted by molar-refractivity contribution is -0.515. The fourth-order valence-electron chi connectivity index (χ4n) is 1.20. The van der Waals surface area contributed by atoms with Crippen molar-refractivity contribution < 1.29 is 14.5 Å². The molecule has 76 valence electrons. The van der Waals surface area contributed by atoms with E-state index in [-0.39, 0.29) is 11.7 Å². The number of nitro groups is 1. The Morgan fingerprint density at radius 3 is 2.79 bits per heavy atom. The molecule has 1 rings (SSSR count). The van der Waals surface area contributed by atoms with Gasteiger partial charge in [-0.15, -0.1) is 0 Å². The molecule has 1 aliphatic carbocycles. The molecule has 0 bridgehead atoms. The third kappa shape index (κ3) is 2.56. The van der Waals surface area contributed by atoms with Crippen molar-refractivity contribution in [2.24, 2.45) is 5.92 Å². The molecule has 0 saturated heterocycles. The number of hydrogen-bond donors (Lipinski definition) is 0. The van der Waals surface area contributed by atoms with Gasteiger partial charge in [0.1, 0.15) is 5.76 Å². The third-order valence-corrected chi connectivity index (χ3v) is 1.94. The highest BCUT2D eigenvalue weighted by atomic mass is 35.5. The van der Waals surface area contributed by atoms with E-state index in [0.29, 0.717) is 0 Å². The number of allylic oxidation sites excluding steroid dienone is 1. The summed E-state index contributed by atoms with van der Waals surface area (Å²) in [5.74, 6) is -0.0726. The van der Waals surface area contributed by atoms with E-state index >= 15 is 0 Å². The van der Waals surface area contributed by atoms with Gasteiger partial charge in [0.25, 0.3) is 0 Å². The Morgan fingerprint density at radius 1 is 1.71 bits per heavy atom. The molecule has 2 unspecified atom stereocenters. The van der Waals surface area contributed by atoms with Gasteiger partial charge in [0, 0.05) is 22.4 Å². The third-order valence-electron chi connectivity index (χ3n) is 1.87. The summed E-state index contributed by atoms with van der Waals surface area (Å²) in [5.41, 5.74) is -0.951. The minimum Gasteiger partial charge on any atom is -0.415 e. The maximum Gasteiger partial charge on any atom is 0.409 e. The number of nitrogens with zero attached hydrogens (tertiary/aromatic N) is 1. The molecular weight excluding hydrogens is 210 g/mol. The van der Waals surface area contributed by atoms with E-state index in [9.17, 15) is 14.9 Å². The van der Waals surface area contributed by atoms with Crippen molar-refractivity contribution in [1.29, 1.82) is 0 Å². The van der Waals surface area contributed by atoms with Crippen molar-refractivity contribution >= 4 is 17.0 Å². The molecule has 1 aliphatic rings. The van der Waals surface area contributed by atoms with Crippen molar-refractivity contribution in [3.63, 3.8) is 0 Å². The summed E-state index contributed by atoms with van der Waals surface area (Å²) in [6.45, 7) is 1.67. The topological polar surface area (TPSA) is 69.4 Å². The lowest BCUT2D eigenvalue weighted by Crippen LogP contribution is -2.26. The van der Waals surface area contributed by atoms with E-state index in [4.69, 9.17) is 11.6 Å². The molecule has 0 aromatic rings. The van der Waals surface area contributed by atoms with E-state index in [0.717, 1.165) is 0 Å². The molecular formula is C8H8ClNO4. The second kappa shape index (κ2) is 4.23. The standard InChI is InChI=1S/C8H8ClNO4/c1-5-4-6(14-8(9)11)2-3-7(5)10(12)13/h2-5,7H,1H3. The van der Waals surface area contributed by atoms with Gasteiger partial charge in [0.2, 0.25) is 6.04 Å². The quantitative estimate of drug-likeness (QED) is 0.403. The second-order valence-corrected chi connectivity index (χ2v) is 3.21. The summed E-state index contributed by atoms with van der Waals surface area (Å²) in [6, 6.07) is -0.771. The first kappa shape index (κ1) is 10.7. The van der Waals surface area contributed by atoms with Gasteiger partial charge in [0.15, 0.2) is 0 Å². The van der Waals surface area contributed by atoms with Crippen LogP contribution in [-0.4, -0.2) is 16.4 Å². The molecule has 0 fully saturated rings. The second-order valence-electron chi connectivity index (χ2n) is 2.90. The summed E-state index contributed by atoms with van der Waals surface area (Å²) < 4.78 is 4.57. The average Bonchev–Trinajstić information content (AvgIpc) is 2.01. The average molecular weight is 218 g/mol. The Morgan fingerprint density at radius 2 is 2.36 bits per heavy atom. The zero-order valence-electron chi connectivity index (χ0n) is 7.34. The highest BCUT2D eigenvalue weighted by Crippen LogP contribution is 2.20. The first-order chi connectivity index (χ1) is 6.50. The van der Waals surface area contributed by atoms with Crippen molar-refractivity contribution in [2.75, 3.05) is 0 Å². The fourth-order valence-corrected chi connectivity index (χ4v) is 1.29. The minimum atomic E-state index is -0.951. The van der Waals surface area contributed by atoms with Crippen LogP contribution in [-0.2, 0) is 4.74 Å². The molecule has 0 amide bonds. The van der Waals surface area contributed by atoms with E-state index in [1.807, 2.05) is 0 Å². The molecule has 0 aliphatic heterocycles. The highest BCUT2D eigenvalue weighted by molar-refractivity contribution is 6.61.